The summed E-state index contributed by atoms with van der Waals surface area (Å²) in [5.74, 6) is 1.36. The van der Waals surface area contributed by atoms with Gasteiger partial charge < -0.3 is 19.7 Å². The number of fused-ring (bicyclic) bond motifs is 2. The average molecular weight is 337 g/mol. The molecule has 0 saturated heterocycles. The molecule has 2 aromatic rings. The lowest BCUT2D eigenvalue weighted by Gasteiger charge is -2.27. The fourth-order valence-corrected chi connectivity index (χ4v) is 3.94. The summed E-state index contributed by atoms with van der Waals surface area (Å²) in [4.78, 5) is 15.5. The van der Waals surface area contributed by atoms with E-state index in [0.29, 0.717) is 30.3 Å². The van der Waals surface area contributed by atoms with Crippen LogP contribution >= 0.6 is 22.9 Å². The number of hydrogen-bond acceptors (Lipinski definition) is 4. The highest BCUT2D eigenvalue weighted by molar-refractivity contribution is 7.16. The third kappa shape index (κ3) is 2.48. The molecule has 2 amide bonds. The summed E-state index contributed by atoms with van der Waals surface area (Å²) in [6.45, 7) is 1.51. The van der Waals surface area contributed by atoms with E-state index in [-0.39, 0.29) is 12.8 Å². The van der Waals surface area contributed by atoms with Crippen molar-refractivity contribution in [3.8, 4) is 11.5 Å². The molecule has 0 radical (unpaired) electrons. The average Bonchev–Trinajstić information content (AvgIpc) is 3.10. The van der Waals surface area contributed by atoms with Crippen molar-refractivity contribution >= 4 is 34.7 Å². The van der Waals surface area contributed by atoms with Gasteiger partial charge in [0, 0.05) is 29.7 Å². The minimum atomic E-state index is -0.119. The number of halogens is 1. The molecule has 2 aliphatic rings. The topological polar surface area (TPSA) is 50.8 Å². The molecule has 0 atom stereocenters. The Morgan fingerprint density at radius 1 is 1.27 bits per heavy atom. The number of nitrogens with zero attached hydrogens (tertiary/aromatic N) is 1. The Bertz CT molecular complexity index is 746. The van der Waals surface area contributed by atoms with Gasteiger partial charge in [-0.05, 0) is 30.2 Å². The van der Waals surface area contributed by atoms with Gasteiger partial charge >= 0.3 is 6.03 Å². The number of urea groups is 1. The number of carbonyl (C=O) groups excluding carboxylic acids is 1. The number of rotatable bonds is 1. The van der Waals surface area contributed by atoms with E-state index in [0.717, 1.165) is 16.3 Å². The maximum atomic E-state index is 12.4. The maximum absolute atomic E-state index is 12.4. The number of carbonyl (C=O) groups is 1. The summed E-state index contributed by atoms with van der Waals surface area (Å²) < 4.78 is 11.4. The lowest BCUT2D eigenvalue weighted by atomic mass is 10.1. The zero-order chi connectivity index (χ0) is 15.1. The van der Waals surface area contributed by atoms with Crippen LogP contribution < -0.4 is 14.8 Å². The fraction of sp³-hybridized carbons (Fsp3) is 0.267. The Hall–Kier alpha value is -1.92. The van der Waals surface area contributed by atoms with Gasteiger partial charge in [-0.15, -0.1) is 11.3 Å². The number of nitrogens with one attached hydrogen (secondary N) is 1. The first-order valence-electron chi connectivity index (χ1n) is 6.92. The van der Waals surface area contributed by atoms with Crippen LogP contribution in [-0.4, -0.2) is 24.3 Å². The summed E-state index contributed by atoms with van der Waals surface area (Å²) >= 11 is 7.63. The van der Waals surface area contributed by atoms with Gasteiger partial charge in [-0.2, -0.15) is 0 Å². The van der Waals surface area contributed by atoms with Gasteiger partial charge in [0.15, 0.2) is 11.5 Å². The van der Waals surface area contributed by atoms with Crippen LogP contribution in [0, 0.1) is 0 Å². The molecular weight excluding hydrogens is 324 g/mol. The van der Waals surface area contributed by atoms with Crippen molar-refractivity contribution in [1.29, 1.82) is 0 Å². The molecule has 7 heteroatoms. The Labute approximate surface area is 136 Å². The zero-order valence-corrected chi connectivity index (χ0v) is 13.2. The lowest BCUT2D eigenvalue weighted by molar-refractivity contribution is 0.174. The third-order valence-corrected chi connectivity index (χ3v) is 5.11. The summed E-state index contributed by atoms with van der Waals surface area (Å²) in [5, 5.41) is 2.90. The van der Waals surface area contributed by atoms with E-state index < -0.39 is 0 Å². The van der Waals surface area contributed by atoms with E-state index in [1.165, 1.54) is 4.88 Å². The Morgan fingerprint density at radius 2 is 2.14 bits per heavy atom. The van der Waals surface area contributed by atoms with Crippen molar-refractivity contribution in [2.24, 2.45) is 0 Å². The minimum absolute atomic E-state index is 0.119. The van der Waals surface area contributed by atoms with Crippen LogP contribution in [0.3, 0.4) is 0 Å². The largest absolute Gasteiger partial charge is 0.454 e. The predicted octanol–water partition coefficient (Wildman–Crippen LogP) is 3.72. The summed E-state index contributed by atoms with van der Waals surface area (Å²) in [6.07, 6.45) is 0.848. The molecule has 1 N–H and O–H groups in total. The highest BCUT2D eigenvalue weighted by atomic mass is 35.5. The Morgan fingerprint density at radius 3 is 3.05 bits per heavy atom. The number of amides is 2. The molecule has 1 aromatic heterocycles. The van der Waals surface area contributed by atoms with Crippen LogP contribution in [0.2, 0.25) is 4.34 Å². The van der Waals surface area contributed by atoms with Crippen molar-refractivity contribution in [3.63, 3.8) is 0 Å². The van der Waals surface area contributed by atoms with Gasteiger partial charge in [0.05, 0.1) is 4.34 Å². The molecule has 4 rings (SSSR count). The molecule has 22 heavy (non-hydrogen) atoms. The molecular formula is C15H13ClN2O3S. The van der Waals surface area contributed by atoms with Gasteiger partial charge in [0.25, 0.3) is 0 Å². The van der Waals surface area contributed by atoms with E-state index in [1.807, 2.05) is 12.1 Å². The van der Waals surface area contributed by atoms with Crippen LogP contribution in [-0.2, 0) is 13.0 Å². The van der Waals surface area contributed by atoms with Crippen LogP contribution in [0.25, 0.3) is 0 Å². The van der Waals surface area contributed by atoms with E-state index in [4.69, 9.17) is 21.1 Å². The van der Waals surface area contributed by atoms with Gasteiger partial charge in [0.1, 0.15) is 0 Å². The SMILES string of the molecule is O=C(Nc1ccc2c(c1)OCO2)N1CCc2sc(Cl)cc2C1. The molecule has 1 aromatic carbocycles. The lowest BCUT2D eigenvalue weighted by Crippen LogP contribution is -2.38. The maximum Gasteiger partial charge on any atom is 0.322 e. The van der Waals surface area contributed by atoms with Crippen molar-refractivity contribution in [2.75, 3.05) is 18.7 Å². The molecule has 114 valence electrons. The standard InChI is InChI=1S/C15H13ClN2O3S/c16-14-5-9-7-18(4-3-13(9)22-14)15(19)17-10-1-2-11-12(6-10)21-8-20-11/h1-2,5-6H,3-4,7-8H2,(H,17,19). The van der Waals surface area contributed by atoms with Crippen molar-refractivity contribution < 1.29 is 14.3 Å². The van der Waals surface area contributed by atoms with E-state index in [2.05, 4.69) is 5.32 Å². The van der Waals surface area contributed by atoms with Gasteiger partial charge in [0.2, 0.25) is 6.79 Å². The molecule has 0 fully saturated rings. The van der Waals surface area contributed by atoms with Crippen LogP contribution in [0.4, 0.5) is 10.5 Å². The summed E-state index contributed by atoms with van der Waals surface area (Å²) in [6, 6.07) is 7.21. The van der Waals surface area contributed by atoms with Gasteiger partial charge in [-0.3, -0.25) is 0 Å². The van der Waals surface area contributed by atoms with Gasteiger partial charge in [-0.1, -0.05) is 11.6 Å². The second-order valence-electron chi connectivity index (χ2n) is 5.17. The number of benzene rings is 1. The van der Waals surface area contributed by atoms with Crippen LogP contribution in [0.15, 0.2) is 24.3 Å². The minimum Gasteiger partial charge on any atom is -0.454 e. The first-order valence-corrected chi connectivity index (χ1v) is 8.11. The molecule has 0 bridgehead atoms. The van der Waals surface area contributed by atoms with E-state index >= 15 is 0 Å². The van der Waals surface area contributed by atoms with Crippen LogP contribution in [0.1, 0.15) is 10.4 Å². The van der Waals surface area contributed by atoms with Crippen LogP contribution in [0.5, 0.6) is 11.5 Å². The highest BCUT2D eigenvalue weighted by Crippen LogP contribution is 2.35. The molecule has 0 aliphatic carbocycles. The monoisotopic (exact) mass is 336 g/mol. The molecule has 0 unspecified atom stereocenters. The quantitative estimate of drug-likeness (QED) is 0.863. The number of anilines is 1. The number of hydrogen-bond donors (Lipinski definition) is 1. The zero-order valence-electron chi connectivity index (χ0n) is 11.6. The fourth-order valence-electron chi connectivity index (χ4n) is 2.65. The second kappa shape index (κ2) is 5.37. The van der Waals surface area contributed by atoms with E-state index in [9.17, 15) is 4.79 Å². The smallest absolute Gasteiger partial charge is 0.322 e. The van der Waals surface area contributed by atoms with Crippen molar-refractivity contribution in [2.45, 2.75) is 13.0 Å². The second-order valence-corrected chi connectivity index (χ2v) is 6.94. The van der Waals surface area contributed by atoms with Crippen molar-refractivity contribution in [3.05, 3.63) is 39.0 Å². The Kier molecular flexibility index (Phi) is 3.35. The number of thiophene rings is 1. The first kappa shape index (κ1) is 13.7. The Balaban J connectivity index is 1.46. The first-order chi connectivity index (χ1) is 10.7. The molecule has 0 saturated carbocycles. The molecule has 3 heterocycles. The summed E-state index contributed by atoms with van der Waals surface area (Å²) in [5.41, 5.74) is 1.84. The molecule has 0 spiro atoms. The van der Waals surface area contributed by atoms with E-state index in [1.54, 1.807) is 28.4 Å². The molecule has 5 nitrogen and oxygen atoms in total. The third-order valence-electron chi connectivity index (χ3n) is 3.75. The normalized spacial score (nSPS) is 15.6. The van der Waals surface area contributed by atoms with Crippen molar-refractivity contribution in [1.82, 2.24) is 4.90 Å². The highest BCUT2D eigenvalue weighted by Gasteiger charge is 2.23. The predicted molar refractivity (Wildman–Crippen MR) is 85.0 cm³/mol. The molecule has 2 aliphatic heterocycles. The number of ether oxygens (including phenoxy) is 2. The van der Waals surface area contributed by atoms with Gasteiger partial charge in [-0.25, -0.2) is 4.79 Å². The summed E-state index contributed by atoms with van der Waals surface area (Å²) in [7, 11) is 0.